The minimum absolute atomic E-state index is 0.0676. The maximum Gasteiger partial charge on any atom is 0.409 e. The number of piperidine rings is 1. The summed E-state index contributed by atoms with van der Waals surface area (Å²) in [6.07, 6.45) is 1.23. The van der Waals surface area contributed by atoms with Crippen molar-refractivity contribution in [2.45, 2.75) is 45.2 Å². The molecular weight excluding hydrogens is 278 g/mol. The number of hydrogen-bond acceptors (Lipinski definition) is 4. The zero-order valence-electron chi connectivity index (χ0n) is 12.4. The Hall–Kier alpha value is -1.99. The molecule has 1 aliphatic rings. The molecule has 3 N–H and O–H groups in total. The molecule has 0 radical (unpaired) electrons. The summed E-state index contributed by atoms with van der Waals surface area (Å²) in [6, 6.07) is -1.44. The third-order valence-corrected chi connectivity index (χ3v) is 3.37. The number of nitrogens with zero attached hydrogens (tertiary/aromatic N) is 1. The number of nitrogens with one attached hydrogen (secondary N) is 2. The van der Waals surface area contributed by atoms with E-state index in [-0.39, 0.29) is 12.1 Å². The highest BCUT2D eigenvalue weighted by Crippen LogP contribution is 2.11. The topological polar surface area (TPSA) is 108 Å². The molecule has 0 aromatic rings. The van der Waals surface area contributed by atoms with Crippen molar-refractivity contribution in [3.05, 3.63) is 0 Å². The van der Waals surface area contributed by atoms with Gasteiger partial charge in [-0.3, -0.25) is 0 Å². The van der Waals surface area contributed by atoms with Crippen LogP contribution in [0.2, 0.25) is 0 Å². The Morgan fingerprint density at radius 3 is 2.38 bits per heavy atom. The molecule has 1 heterocycles. The monoisotopic (exact) mass is 301 g/mol. The molecule has 0 aliphatic carbocycles. The molecule has 1 aliphatic heterocycles. The molecule has 0 spiro atoms. The number of likely N-dealkylation sites (tertiary alicyclic amines) is 1. The highest BCUT2D eigenvalue weighted by molar-refractivity contribution is 5.82. The minimum atomic E-state index is -1.05. The molecular formula is C13H23N3O5. The number of hydrogen-bond donors (Lipinski definition) is 3. The number of carbonyl (C=O) groups excluding carboxylic acids is 2. The number of aliphatic carboxylic acids is 1. The highest BCUT2D eigenvalue weighted by Gasteiger charge is 2.25. The predicted octanol–water partition coefficient (Wildman–Crippen LogP) is 0.770. The Kier molecular flexibility index (Phi) is 6.77. The van der Waals surface area contributed by atoms with Crippen LogP contribution in [0.1, 0.15) is 33.1 Å². The summed E-state index contributed by atoms with van der Waals surface area (Å²) in [7, 11) is 0. The van der Waals surface area contributed by atoms with Crippen LogP contribution < -0.4 is 10.6 Å². The fraction of sp³-hybridized carbons (Fsp3) is 0.769. The van der Waals surface area contributed by atoms with Gasteiger partial charge >= 0.3 is 18.1 Å². The molecule has 0 aromatic carbocycles. The summed E-state index contributed by atoms with van der Waals surface area (Å²) in [5.41, 5.74) is 0. The lowest BCUT2D eigenvalue weighted by atomic mass is 10.1. The molecule has 0 aromatic heterocycles. The quantitative estimate of drug-likeness (QED) is 0.695. The van der Waals surface area contributed by atoms with E-state index in [2.05, 4.69) is 10.6 Å². The number of carbonyl (C=O) groups is 3. The average Bonchev–Trinajstić information content (AvgIpc) is 2.45. The van der Waals surface area contributed by atoms with Gasteiger partial charge in [0, 0.05) is 19.1 Å². The summed E-state index contributed by atoms with van der Waals surface area (Å²) >= 11 is 0. The van der Waals surface area contributed by atoms with Gasteiger partial charge in [0.05, 0.1) is 6.61 Å². The predicted molar refractivity (Wildman–Crippen MR) is 75.0 cm³/mol. The first-order valence-corrected chi connectivity index (χ1v) is 7.19. The van der Waals surface area contributed by atoms with Gasteiger partial charge in [-0.1, -0.05) is 6.92 Å². The van der Waals surface area contributed by atoms with Gasteiger partial charge in [0.1, 0.15) is 6.04 Å². The smallest absolute Gasteiger partial charge is 0.409 e. The Morgan fingerprint density at radius 1 is 1.29 bits per heavy atom. The zero-order chi connectivity index (χ0) is 15.8. The van der Waals surface area contributed by atoms with Gasteiger partial charge in [-0.2, -0.15) is 0 Å². The lowest BCUT2D eigenvalue weighted by molar-refractivity contribution is -0.139. The van der Waals surface area contributed by atoms with Crippen LogP contribution >= 0.6 is 0 Å². The normalized spacial score (nSPS) is 17.0. The molecule has 21 heavy (non-hydrogen) atoms. The van der Waals surface area contributed by atoms with E-state index in [0.717, 1.165) is 0 Å². The second-order valence-electron chi connectivity index (χ2n) is 4.88. The van der Waals surface area contributed by atoms with Gasteiger partial charge in [-0.15, -0.1) is 0 Å². The first-order valence-electron chi connectivity index (χ1n) is 7.19. The third kappa shape index (κ3) is 5.49. The van der Waals surface area contributed by atoms with Crippen molar-refractivity contribution >= 4 is 18.1 Å². The third-order valence-electron chi connectivity index (χ3n) is 3.37. The molecule has 8 heteroatoms. The van der Waals surface area contributed by atoms with Gasteiger partial charge < -0.3 is 25.4 Å². The van der Waals surface area contributed by atoms with E-state index in [0.29, 0.717) is 39.0 Å². The van der Waals surface area contributed by atoms with Crippen LogP contribution in [0.15, 0.2) is 0 Å². The molecule has 3 amide bonds. The lowest BCUT2D eigenvalue weighted by Gasteiger charge is -2.31. The highest BCUT2D eigenvalue weighted by atomic mass is 16.6. The van der Waals surface area contributed by atoms with Crippen LogP contribution in [-0.2, 0) is 9.53 Å². The number of rotatable bonds is 5. The van der Waals surface area contributed by atoms with Crippen molar-refractivity contribution < 1.29 is 24.2 Å². The number of amides is 3. The van der Waals surface area contributed by atoms with Crippen LogP contribution in [0.3, 0.4) is 0 Å². The van der Waals surface area contributed by atoms with E-state index in [1.165, 1.54) is 0 Å². The van der Waals surface area contributed by atoms with Gasteiger partial charge in [0.25, 0.3) is 0 Å². The van der Waals surface area contributed by atoms with Gasteiger partial charge in [-0.05, 0) is 26.2 Å². The molecule has 1 rings (SSSR count). The van der Waals surface area contributed by atoms with Crippen molar-refractivity contribution in [1.29, 1.82) is 0 Å². The minimum Gasteiger partial charge on any atom is -0.480 e. The van der Waals surface area contributed by atoms with Crippen molar-refractivity contribution in [3.63, 3.8) is 0 Å². The molecule has 1 fully saturated rings. The van der Waals surface area contributed by atoms with E-state index in [4.69, 9.17) is 9.84 Å². The SMILES string of the molecule is CCOC(=O)N1CCC(NC(=O)N[C@@H](CC)C(=O)O)CC1. The van der Waals surface area contributed by atoms with Crippen molar-refractivity contribution in [3.8, 4) is 0 Å². The van der Waals surface area contributed by atoms with Crippen LogP contribution in [0.4, 0.5) is 9.59 Å². The molecule has 1 atom stereocenters. The van der Waals surface area contributed by atoms with Crippen molar-refractivity contribution in [2.75, 3.05) is 19.7 Å². The maximum absolute atomic E-state index is 11.7. The van der Waals surface area contributed by atoms with Gasteiger partial charge in [0.15, 0.2) is 0 Å². The summed E-state index contributed by atoms with van der Waals surface area (Å²) in [4.78, 5) is 35.7. The van der Waals surface area contributed by atoms with Crippen LogP contribution in [0.5, 0.6) is 0 Å². The zero-order valence-corrected chi connectivity index (χ0v) is 12.4. The van der Waals surface area contributed by atoms with E-state index in [9.17, 15) is 14.4 Å². The number of urea groups is 1. The van der Waals surface area contributed by atoms with Crippen molar-refractivity contribution in [2.24, 2.45) is 0 Å². The molecule has 8 nitrogen and oxygen atoms in total. The van der Waals surface area contributed by atoms with E-state index < -0.39 is 18.0 Å². The van der Waals surface area contributed by atoms with Gasteiger partial charge in [0.2, 0.25) is 0 Å². The van der Waals surface area contributed by atoms with E-state index >= 15 is 0 Å². The molecule has 0 bridgehead atoms. The largest absolute Gasteiger partial charge is 0.480 e. The first-order chi connectivity index (χ1) is 9.97. The molecule has 0 unspecified atom stereocenters. The van der Waals surface area contributed by atoms with E-state index in [1.54, 1.807) is 18.7 Å². The summed E-state index contributed by atoms with van der Waals surface area (Å²) in [5.74, 6) is -1.05. The maximum atomic E-state index is 11.7. The molecule has 1 saturated heterocycles. The summed E-state index contributed by atoms with van der Waals surface area (Å²) < 4.78 is 4.91. The summed E-state index contributed by atoms with van der Waals surface area (Å²) in [6.45, 7) is 4.81. The molecule has 0 saturated carbocycles. The fourth-order valence-electron chi connectivity index (χ4n) is 2.14. The van der Waals surface area contributed by atoms with E-state index in [1.807, 2.05) is 0 Å². The van der Waals surface area contributed by atoms with Gasteiger partial charge in [-0.25, -0.2) is 14.4 Å². The number of carboxylic acids is 1. The molecule has 120 valence electrons. The first kappa shape index (κ1) is 17.1. The number of carboxylic acid groups (broad SMARTS) is 1. The van der Waals surface area contributed by atoms with Crippen LogP contribution in [0.25, 0.3) is 0 Å². The standard InChI is InChI=1S/C13H23N3O5/c1-3-10(11(17)18)15-12(19)14-9-5-7-16(8-6-9)13(20)21-4-2/h9-10H,3-8H2,1-2H3,(H,17,18)(H2,14,15,19)/t10-/m0/s1. The number of ether oxygens (including phenoxy) is 1. The Bertz CT molecular complexity index is 380. The second kappa shape index (κ2) is 8.33. The lowest BCUT2D eigenvalue weighted by Crippen LogP contribution is -2.52. The average molecular weight is 301 g/mol. The Morgan fingerprint density at radius 2 is 1.90 bits per heavy atom. The Labute approximate surface area is 123 Å². The Balaban J connectivity index is 2.33. The second-order valence-corrected chi connectivity index (χ2v) is 4.88. The van der Waals surface area contributed by atoms with Crippen molar-refractivity contribution in [1.82, 2.24) is 15.5 Å². The van der Waals surface area contributed by atoms with Crippen LogP contribution in [-0.4, -0.2) is 59.9 Å². The summed E-state index contributed by atoms with van der Waals surface area (Å²) in [5, 5.41) is 14.0. The fourth-order valence-corrected chi connectivity index (χ4v) is 2.14. The van der Waals surface area contributed by atoms with Crippen LogP contribution in [0, 0.1) is 0 Å².